The molecule has 4 heteroatoms. The van der Waals surface area contributed by atoms with Crippen LogP contribution >= 0.6 is 0 Å². The number of nitrogens with one attached hydrogen (secondary N) is 1. The second-order valence-electron chi connectivity index (χ2n) is 6.89. The third-order valence-corrected chi connectivity index (χ3v) is 5.20. The minimum atomic E-state index is 0.206. The Morgan fingerprint density at radius 2 is 1.96 bits per heavy atom. The van der Waals surface area contributed by atoms with E-state index in [-0.39, 0.29) is 11.8 Å². The quantitative estimate of drug-likeness (QED) is 0.908. The Balaban J connectivity index is 1.45. The number of rotatable bonds is 5. The summed E-state index contributed by atoms with van der Waals surface area (Å²) in [7, 11) is 1.70. The van der Waals surface area contributed by atoms with Gasteiger partial charge in [0.05, 0.1) is 7.11 Å². The summed E-state index contributed by atoms with van der Waals surface area (Å²) in [4.78, 5) is 14.8. The zero-order valence-corrected chi connectivity index (χ0v) is 14.1. The summed E-state index contributed by atoms with van der Waals surface area (Å²) in [6.45, 7) is 2.94. The summed E-state index contributed by atoms with van der Waals surface area (Å²) in [5.74, 6) is 1.41. The summed E-state index contributed by atoms with van der Waals surface area (Å²) in [6.07, 6.45) is 6.82. The maximum atomic E-state index is 12.4. The molecule has 1 aromatic carbocycles. The summed E-state index contributed by atoms with van der Waals surface area (Å²) < 4.78 is 5.28. The Morgan fingerprint density at radius 1 is 1.22 bits per heavy atom. The summed E-state index contributed by atoms with van der Waals surface area (Å²) in [5, 5.41) is 3.25. The fourth-order valence-electron chi connectivity index (χ4n) is 3.77. The number of methoxy groups -OCH3 is 1. The third-order valence-electron chi connectivity index (χ3n) is 5.20. The van der Waals surface area contributed by atoms with E-state index in [1.807, 2.05) is 12.1 Å². The fraction of sp³-hybridized carbons (Fsp3) is 0.632. The van der Waals surface area contributed by atoms with Gasteiger partial charge in [-0.25, -0.2) is 0 Å². The number of ether oxygens (including phenoxy) is 1. The lowest BCUT2D eigenvalue weighted by Gasteiger charge is -2.32. The number of benzene rings is 1. The smallest absolute Gasteiger partial charge is 0.223 e. The van der Waals surface area contributed by atoms with E-state index in [0.717, 1.165) is 38.2 Å². The van der Waals surface area contributed by atoms with Crippen LogP contribution in [0.5, 0.6) is 5.75 Å². The van der Waals surface area contributed by atoms with Gasteiger partial charge < -0.3 is 10.1 Å². The zero-order valence-electron chi connectivity index (χ0n) is 14.1. The van der Waals surface area contributed by atoms with Crippen molar-refractivity contribution < 1.29 is 9.53 Å². The number of nitrogens with zero attached hydrogens (tertiary/aromatic N) is 1. The van der Waals surface area contributed by atoms with Crippen LogP contribution in [0, 0.1) is 5.92 Å². The standard InChI is InChI=1S/C19H28N2O2/c1-23-18-8-4-5-15(13-18)14-21-11-9-16(10-12-21)19(22)20-17-6-2-3-7-17/h4-5,8,13,16-17H,2-3,6-7,9-12,14H2,1H3,(H,20,22). The van der Waals surface area contributed by atoms with E-state index in [2.05, 4.69) is 22.3 Å². The van der Waals surface area contributed by atoms with Crippen molar-refractivity contribution in [2.45, 2.75) is 51.1 Å². The zero-order chi connectivity index (χ0) is 16.1. The molecule has 2 fully saturated rings. The van der Waals surface area contributed by atoms with Gasteiger partial charge in [0.1, 0.15) is 5.75 Å². The molecule has 0 unspecified atom stereocenters. The Hall–Kier alpha value is -1.55. The molecular formula is C19H28N2O2. The van der Waals surface area contributed by atoms with Crippen molar-refractivity contribution in [2.24, 2.45) is 5.92 Å². The molecule has 1 aromatic rings. The molecule has 126 valence electrons. The molecule has 0 atom stereocenters. The molecule has 0 radical (unpaired) electrons. The van der Waals surface area contributed by atoms with Gasteiger partial charge in [0.25, 0.3) is 0 Å². The Bertz CT molecular complexity index is 518. The van der Waals surface area contributed by atoms with E-state index < -0.39 is 0 Å². The second-order valence-corrected chi connectivity index (χ2v) is 6.89. The van der Waals surface area contributed by atoms with E-state index in [9.17, 15) is 4.79 Å². The van der Waals surface area contributed by atoms with Crippen LogP contribution in [0.25, 0.3) is 0 Å². The molecule has 1 aliphatic heterocycles. The third kappa shape index (κ3) is 4.47. The fourth-order valence-corrected chi connectivity index (χ4v) is 3.77. The Kier molecular flexibility index (Phi) is 5.55. The Morgan fingerprint density at radius 3 is 2.65 bits per heavy atom. The lowest BCUT2D eigenvalue weighted by Crippen LogP contribution is -2.42. The van der Waals surface area contributed by atoms with E-state index in [1.54, 1.807) is 7.11 Å². The van der Waals surface area contributed by atoms with Crippen molar-refractivity contribution in [3.05, 3.63) is 29.8 Å². The average molecular weight is 316 g/mol. The van der Waals surface area contributed by atoms with Crippen LogP contribution < -0.4 is 10.1 Å². The summed E-state index contributed by atoms with van der Waals surface area (Å²) in [6, 6.07) is 8.69. The molecule has 1 N–H and O–H groups in total. The van der Waals surface area contributed by atoms with Crippen molar-refractivity contribution >= 4 is 5.91 Å². The van der Waals surface area contributed by atoms with Crippen LogP contribution in [0.15, 0.2) is 24.3 Å². The van der Waals surface area contributed by atoms with Crippen molar-refractivity contribution in [2.75, 3.05) is 20.2 Å². The van der Waals surface area contributed by atoms with Gasteiger partial charge in [-0.2, -0.15) is 0 Å². The number of carbonyl (C=O) groups is 1. The number of likely N-dealkylation sites (tertiary alicyclic amines) is 1. The monoisotopic (exact) mass is 316 g/mol. The first-order chi connectivity index (χ1) is 11.2. The van der Waals surface area contributed by atoms with E-state index in [4.69, 9.17) is 4.74 Å². The molecule has 0 spiro atoms. The van der Waals surface area contributed by atoms with Crippen molar-refractivity contribution in [1.29, 1.82) is 0 Å². The van der Waals surface area contributed by atoms with Crippen molar-refractivity contribution in [1.82, 2.24) is 10.2 Å². The summed E-state index contributed by atoms with van der Waals surface area (Å²) in [5.41, 5.74) is 1.28. The lowest BCUT2D eigenvalue weighted by atomic mass is 9.95. The van der Waals surface area contributed by atoms with E-state index in [1.165, 1.54) is 31.2 Å². The highest BCUT2D eigenvalue weighted by atomic mass is 16.5. The molecule has 0 aromatic heterocycles. The highest BCUT2D eigenvalue weighted by Gasteiger charge is 2.27. The van der Waals surface area contributed by atoms with Gasteiger partial charge in [-0.1, -0.05) is 25.0 Å². The second kappa shape index (κ2) is 7.82. The first-order valence-corrected chi connectivity index (χ1v) is 8.90. The molecule has 23 heavy (non-hydrogen) atoms. The van der Waals surface area contributed by atoms with Crippen molar-refractivity contribution in [3.63, 3.8) is 0 Å². The highest BCUT2D eigenvalue weighted by molar-refractivity contribution is 5.79. The first kappa shape index (κ1) is 16.3. The van der Waals surface area contributed by atoms with Gasteiger partial charge in [0, 0.05) is 18.5 Å². The van der Waals surface area contributed by atoms with Gasteiger partial charge in [0.2, 0.25) is 5.91 Å². The largest absolute Gasteiger partial charge is 0.497 e. The normalized spacial score (nSPS) is 20.6. The molecule has 3 rings (SSSR count). The molecule has 1 amide bonds. The summed E-state index contributed by atoms with van der Waals surface area (Å²) >= 11 is 0. The average Bonchev–Trinajstić information content (AvgIpc) is 3.08. The predicted octanol–water partition coefficient (Wildman–Crippen LogP) is 2.97. The van der Waals surface area contributed by atoms with E-state index >= 15 is 0 Å². The minimum absolute atomic E-state index is 0.206. The van der Waals surface area contributed by atoms with Crippen LogP contribution in [-0.2, 0) is 11.3 Å². The number of carbonyl (C=O) groups excluding carboxylic acids is 1. The highest BCUT2D eigenvalue weighted by Crippen LogP contribution is 2.23. The molecule has 0 bridgehead atoms. The SMILES string of the molecule is COc1cccc(CN2CCC(C(=O)NC3CCCC3)CC2)c1. The Labute approximate surface area is 139 Å². The molecule has 2 aliphatic rings. The van der Waals surface area contributed by atoms with Crippen LogP contribution in [0.3, 0.4) is 0 Å². The molecule has 4 nitrogen and oxygen atoms in total. The molecule has 1 heterocycles. The number of amides is 1. The van der Waals surface area contributed by atoms with Crippen LogP contribution in [0.2, 0.25) is 0 Å². The molecular weight excluding hydrogens is 288 g/mol. The predicted molar refractivity (Wildman–Crippen MR) is 91.4 cm³/mol. The molecule has 1 saturated heterocycles. The maximum Gasteiger partial charge on any atom is 0.223 e. The van der Waals surface area contributed by atoms with E-state index in [0.29, 0.717) is 6.04 Å². The number of piperidine rings is 1. The van der Waals surface area contributed by atoms with Gasteiger partial charge in [-0.05, 0) is 56.5 Å². The van der Waals surface area contributed by atoms with Crippen LogP contribution in [-0.4, -0.2) is 37.0 Å². The first-order valence-electron chi connectivity index (χ1n) is 8.90. The minimum Gasteiger partial charge on any atom is -0.497 e. The van der Waals surface area contributed by atoms with Crippen LogP contribution in [0.1, 0.15) is 44.1 Å². The van der Waals surface area contributed by atoms with Gasteiger partial charge in [-0.3, -0.25) is 9.69 Å². The van der Waals surface area contributed by atoms with Gasteiger partial charge in [0.15, 0.2) is 0 Å². The van der Waals surface area contributed by atoms with Gasteiger partial charge in [-0.15, -0.1) is 0 Å². The molecule has 1 saturated carbocycles. The van der Waals surface area contributed by atoms with Crippen molar-refractivity contribution in [3.8, 4) is 5.75 Å². The number of hydrogen-bond donors (Lipinski definition) is 1. The molecule has 1 aliphatic carbocycles. The maximum absolute atomic E-state index is 12.4. The number of hydrogen-bond acceptors (Lipinski definition) is 3. The lowest BCUT2D eigenvalue weighted by molar-refractivity contribution is -0.127. The topological polar surface area (TPSA) is 41.6 Å². The van der Waals surface area contributed by atoms with Crippen LogP contribution in [0.4, 0.5) is 0 Å². The van der Waals surface area contributed by atoms with Gasteiger partial charge >= 0.3 is 0 Å².